The first-order chi connectivity index (χ1) is 16.3. The van der Waals surface area contributed by atoms with Gasteiger partial charge in [0.25, 0.3) is 0 Å². The largest absolute Gasteiger partial charge is 0.394 e. The van der Waals surface area contributed by atoms with Crippen LogP contribution in [0.3, 0.4) is 0 Å². The van der Waals surface area contributed by atoms with Gasteiger partial charge in [0.2, 0.25) is 17.7 Å². The second-order valence-corrected chi connectivity index (χ2v) is 9.83. The molecule has 4 heterocycles. The lowest BCUT2D eigenvalue weighted by Gasteiger charge is -2.39. The average Bonchev–Trinajstić information content (AvgIpc) is 3.14. The summed E-state index contributed by atoms with van der Waals surface area (Å²) in [6.45, 7) is 4.35. The third kappa shape index (κ3) is 3.15. The van der Waals surface area contributed by atoms with Crippen LogP contribution in [0, 0.1) is 11.8 Å². The van der Waals surface area contributed by atoms with Crippen molar-refractivity contribution in [3.05, 3.63) is 60.2 Å². The van der Waals surface area contributed by atoms with Crippen LogP contribution < -0.4 is 0 Å². The SMILES string of the molecule is CC(C)N1CC=C[C@]23O[C@H]4C=CCN(C)C(=O)[C@H]4[C@H]2C(=O)N([C@H](CO)c2ccccc2)C3C1=O. The van der Waals surface area contributed by atoms with Gasteiger partial charge in [-0.05, 0) is 19.4 Å². The van der Waals surface area contributed by atoms with Crippen LogP contribution in [0.15, 0.2) is 54.6 Å². The van der Waals surface area contributed by atoms with Crippen molar-refractivity contribution in [2.24, 2.45) is 11.8 Å². The molecule has 4 aliphatic rings. The van der Waals surface area contributed by atoms with Crippen molar-refractivity contribution in [2.45, 2.75) is 43.7 Å². The van der Waals surface area contributed by atoms with Crippen LogP contribution >= 0.6 is 0 Å². The normalized spacial score (nSPS) is 33.7. The standard InChI is InChI=1S/C26H31N3O5/c1-16(2)28-14-8-12-26-21(20-19(34-26)11-7-13-27(3)23(20)31)24(32)29(22(26)25(28)33)18(15-30)17-9-5-4-6-10-17/h4-12,16,18-22,30H,13-15H2,1-3H3/t18-,19+,20-,21+,22?,26+/m1/s1. The molecule has 2 saturated heterocycles. The van der Waals surface area contributed by atoms with E-state index in [0.717, 1.165) is 5.56 Å². The van der Waals surface area contributed by atoms with Crippen molar-refractivity contribution in [1.29, 1.82) is 0 Å². The molecule has 0 aromatic heterocycles. The topological polar surface area (TPSA) is 90.4 Å². The number of benzene rings is 1. The lowest BCUT2D eigenvalue weighted by Crippen LogP contribution is -2.57. The predicted molar refractivity (Wildman–Crippen MR) is 124 cm³/mol. The molecule has 1 unspecified atom stereocenters. The van der Waals surface area contributed by atoms with Crippen LogP contribution in [0.4, 0.5) is 0 Å². The summed E-state index contributed by atoms with van der Waals surface area (Å²) in [5, 5.41) is 10.4. The van der Waals surface area contributed by atoms with Crippen molar-refractivity contribution in [2.75, 3.05) is 26.7 Å². The van der Waals surface area contributed by atoms with E-state index in [-0.39, 0.29) is 30.4 Å². The Kier molecular flexibility index (Phi) is 5.61. The van der Waals surface area contributed by atoms with Gasteiger partial charge in [-0.3, -0.25) is 14.4 Å². The molecule has 4 aliphatic heterocycles. The maximum Gasteiger partial charge on any atom is 0.249 e. The molecule has 8 nitrogen and oxygen atoms in total. The number of hydrogen-bond donors (Lipinski definition) is 1. The van der Waals surface area contributed by atoms with E-state index >= 15 is 0 Å². The highest BCUT2D eigenvalue weighted by Gasteiger charge is 2.72. The number of likely N-dealkylation sites (N-methyl/N-ethyl adjacent to an activating group) is 1. The molecule has 0 aliphatic carbocycles. The van der Waals surface area contributed by atoms with E-state index in [9.17, 15) is 19.5 Å². The Morgan fingerprint density at radius 3 is 2.47 bits per heavy atom. The fourth-order valence-corrected chi connectivity index (χ4v) is 6.05. The molecule has 34 heavy (non-hydrogen) atoms. The zero-order valence-electron chi connectivity index (χ0n) is 19.7. The summed E-state index contributed by atoms with van der Waals surface area (Å²) in [5.41, 5.74) is -0.556. The Labute approximate surface area is 199 Å². The number of nitrogens with zero attached hydrogens (tertiary/aromatic N) is 3. The monoisotopic (exact) mass is 465 g/mol. The Morgan fingerprint density at radius 2 is 1.79 bits per heavy atom. The van der Waals surface area contributed by atoms with E-state index in [1.54, 1.807) is 16.8 Å². The number of hydrogen-bond acceptors (Lipinski definition) is 5. The highest BCUT2D eigenvalue weighted by molar-refractivity contribution is 6.00. The fourth-order valence-electron chi connectivity index (χ4n) is 6.05. The minimum Gasteiger partial charge on any atom is -0.394 e. The second kappa shape index (κ2) is 8.36. The van der Waals surface area contributed by atoms with Gasteiger partial charge >= 0.3 is 0 Å². The zero-order chi connectivity index (χ0) is 24.2. The number of aliphatic hydroxyl groups excluding tert-OH is 1. The molecule has 2 fully saturated rings. The van der Waals surface area contributed by atoms with Crippen molar-refractivity contribution in [3.8, 4) is 0 Å². The zero-order valence-corrected chi connectivity index (χ0v) is 19.7. The summed E-state index contributed by atoms with van der Waals surface area (Å²) >= 11 is 0. The molecule has 8 heteroatoms. The minimum absolute atomic E-state index is 0.0906. The highest BCUT2D eigenvalue weighted by atomic mass is 16.5. The van der Waals surface area contributed by atoms with Crippen LogP contribution in [0.25, 0.3) is 0 Å². The number of carbonyl (C=O) groups is 3. The number of fused-ring (bicyclic) bond motifs is 2. The van der Waals surface area contributed by atoms with Crippen LogP contribution in [-0.2, 0) is 19.1 Å². The third-order valence-corrected chi connectivity index (χ3v) is 7.65. The molecule has 6 atom stereocenters. The first-order valence-electron chi connectivity index (χ1n) is 11.9. The van der Waals surface area contributed by atoms with Gasteiger partial charge < -0.3 is 24.5 Å². The fraction of sp³-hybridized carbons (Fsp3) is 0.500. The quantitative estimate of drug-likeness (QED) is 0.674. The number of ether oxygens (including phenoxy) is 1. The van der Waals surface area contributed by atoms with E-state index in [4.69, 9.17) is 4.74 Å². The van der Waals surface area contributed by atoms with E-state index < -0.39 is 35.6 Å². The summed E-state index contributed by atoms with van der Waals surface area (Å²) < 4.78 is 6.58. The van der Waals surface area contributed by atoms with Crippen molar-refractivity contribution in [3.63, 3.8) is 0 Å². The maximum atomic E-state index is 14.2. The molecule has 180 valence electrons. The molecule has 0 radical (unpaired) electrons. The third-order valence-electron chi connectivity index (χ3n) is 7.65. The molecular weight excluding hydrogens is 434 g/mol. The van der Waals surface area contributed by atoms with Crippen molar-refractivity contribution < 1.29 is 24.2 Å². The van der Waals surface area contributed by atoms with Gasteiger partial charge in [0.05, 0.1) is 30.6 Å². The number of rotatable bonds is 4. The van der Waals surface area contributed by atoms with E-state index in [1.165, 1.54) is 4.90 Å². The summed E-state index contributed by atoms with van der Waals surface area (Å²) in [4.78, 5) is 46.5. The summed E-state index contributed by atoms with van der Waals surface area (Å²) in [5.74, 6) is -2.32. The average molecular weight is 466 g/mol. The maximum absolute atomic E-state index is 14.2. The number of aliphatic hydroxyl groups is 1. The van der Waals surface area contributed by atoms with E-state index in [1.807, 2.05) is 68.5 Å². The van der Waals surface area contributed by atoms with Crippen molar-refractivity contribution >= 4 is 17.7 Å². The molecule has 1 spiro atoms. The van der Waals surface area contributed by atoms with Gasteiger partial charge in [0, 0.05) is 26.2 Å². The molecule has 1 aromatic carbocycles. The van der Waals surface area contributed by atoms with E-state index in [2.05, 4.69) is 0 Å². The highest BCUT2D eigenvalue weighted by Crippen LogP contribution is 2.55. The molecule has 1 N–H and O–H groups in total. The first kappa shape index (κ1) is 22.8. The molecule has 0 saturated carbocycles. The second-order valence-electron chi connectivity index (χ2n) is 9.83. The Bertz CT molecular complexity index is 1050. The van der Waals surface area contributed by atoms with Gasteiger partial charge in [-0.25, -0.2) is 0 Å². The minimum atomic E-state index is -1.28. The van der Waals surface area contributed by atoms with Gasteiger partial charge in [0.15, 0.2) is 0 Å². The van der Waals surface area contributed by atoms with Gasteiger partial charge in [-0.2, -0.15) is 0 Å². The van der Waals surface area contributed by atoms with Crippen LogP contribution in [0.1, 0.15) is 25.5 Å². The Morgan fingerprint density at radius 1 is 1.06 bits per heavy atom. The van der Waals surface area contributed by atoms with Gasteiger partial charge in [-0.15, -0.1) is 0 Å². The van der Waals surface area contributed by atoms with Crippen LogP contribution in [-0.4, -0.2) is 88.1 Å². The number of carbonyl (C=O) groups excluding carboxylic acids is 3. The Hall–Kier alpha value is -2.97. The molecular formula is C26H31N3O5. The van der Waals surface area contributed by atoms with Gasteiger partial charge in [-0.1, -0.05) is 54.6 Å². The van der Waals surface area contributed by atoms with Crippen LogP contribution in [0.5, 0.6) is 0 Å². The van der Waals surface area contributed by atoms with Gasteiger partial charge in [0.1, 0.15) is 11.6 Å². The smallest absolute Gasteiger partial charge is 0.249 e. The van der Waals surface area contributed by atoms with E-state index in [0.29, 0.717) is 13.1 Å². The lowest BCUT2D eigenvalue weighted by atomic mass is 9.77. The Balaban J connectivity index is 1.69. The number of likely N-dealkylation sites (tertiary alicyclic amines) is 1. The molecule has 1 aromatic rings. The van der Waals surface area contributed by atoms with Crippen molar-refractivity contribution in [1.82, 2.24) is 14.7 Å². The molecule has 5 rings (SSSR count). The summed E-state index contributed by atoms with van der Waals surface area (Å²) in [7, 11) is 1.71. The summed E-state index contributed by atoms with van der Waals surface area (Å²) in [6, 6.07) is 7.40. The molecule has 3 amide bonds. The first-order valence-corrected chi connectivity index (χ1v) is 11.9. The predicted octanol–water partition coefficient (Wildman–Crippen LogP) is 1.14. The number of amides is 3. The summed E-state index contributed by atoms with van der Waals surface area (Å²) in [6.07, 6.45) is 6.83. The lowest BCUT2D eigenvalue weighted by molar-refractivity contribution is -0.152. The molecule has 0 bridgehead atoms. The van der Waals surface area contributed by atoms with Crippen LogP contribution in [0.2, 0.25) is 0 Å².